The molecule has 0 aromatic carbocycles. The van der Waals surface area contributed by atoms with Crippen LogP contribution < -0.4 is 5.32 Å². The predicted molar refractivity (Wildman–Crippen MR) is 240 cm³/mol. The highest BCUT2D eigenvalue weighted by molar-refractivity contribution is 7.47. The van der Waals surface area contributed by atoms with Crippen molar-refractivity contribution in [2.24, 2.45) is 0 Å². The minimum Gasteiger partial charge on any atom is -0.387 e. The minimum absolute atomic E-state index is 0.0634. The molecule has 0 aliphatic carbocycles. The molecule has 0 aliphatic heterocycles. The molecule has 0 aromatic heterocycles. The van der Waals surface area contributed by atoms with Crippen LogP contribution in [0, 0.1) is 0 Å². The number of rotatable bonds is 44. The number of allylic oxidation sites excluding steroid dienone is 1. The van der Waals surface area contributed by atoms with Crippen molar-refractivity contribution in [3.63, 3.8) is 0 Å². The smallest absolute Gasteiger partial charge is 0.387 e. The van der Waals surface area contributed by atoms with Gasteiger partial charge in [0.2, 0.25) is 5.91 Å². The minimum atomic E-state index is -4.32. The predicted octanol–water partition coefficient (Wildman–Crippen LogP) is 13.5. The molecule has 0 heterocycles. The van der Waals surface area contributed by atoms with E-state index in [0.717, 1.165) is 38.5 Å². The number of carbonyl (C=O) groups excluding carboxylic acids is 1. The lowest BCUT2D eigenvalue weighted by Gasteiger charge is -2.25. The van der Waals surface area contributed by atoms with Crippen LogP contribution in [0.1, 0.15) is 232 Å². The number of phosphoric acid groups is 1. The van der Waals surface area contributed by atoms with Crippen LogP contribution in [-0.2, 0) is 18.4 Å². The molecule has 8 nitrogen and oxygen atoms in total. The van der Waals surface area contributed by atoms with Crippen LogP contribution in [0.5, 0.6) is 0 Å². The maximum absolute atomic E-state index is 12.6. The van der Waals surface area contributed by atoms with E-state index in [1.54, 1.807) is 6.08 Å². The lowest BCUT2D eigenvalue weighted by atomic mass is 10.0. The summed E-state index contributed by atoms with van der Waals surface area (Å²) in [4.78, 5) is 22.7. The summed E-state index contributed by atoms with van der Waals surface area (Å²) in [6.45, 7) is 4.70. The highest BCUT2D eigenvalue weighted by Crippen LogP contribution is 2.43. The van der Waals surface area contributed by atoms with E-state index < -0.39 is 20.0 Å². The first-order chi connectivity index (χ1) is 27.0. The Kier molecular flexibility index (Phi) is 39.1. The number of aliphatic hydroxyl groups is 1. The molecule has 0 radical (unpaired) electrons. The topological polar surface area (TPSA) is 105 Å². The third kappa shape index (κ3) is 41.4. The van der Waals surface area contributed by atoms with Gasteiger partial charge in [0.15, 0.2) is 0 Å². The van der Waals surface area contributed by atoms with Crippen molar-refractivity contribution >= 4 is 13.7 Å². The summed E-state index contributed by atoms with van der Waals surface area (Å²) in [7, 11) is 1.58. The van der Waals surface area contributed by atoms with Gasteiger partial charge in [0.1, 0.15) is 13.2 Å². The van der Waals surface area contributed by atoms with Crippen LogP contribution in [0.4, 0.5) is 0 Å². The molecule has 0 fully saturated rings. The number of nitrogens with zero attached hydrogens (tertiary/aromatic N) is 1. The number of hydrogen-bond donors (Lipinski definition) is 3. The van der Waals surface area contributed by atoms with Crippen LogP contribution in [0.3, 0.4) is 0 Å². The van der Waals surface area contributed by atoms with Crippen LogP contribution in [0.25, 0.3) is 0 Å². The van der Waals surface area contributed by atoms with E-state index in [4.69, 9.17) is 9.05 Å². The zero-order valence-corrected chi connectivity index (χ0v) is 38.8. The Labute approximate surface area is 348 Å². The standard InChI is InChI=1S/C47H95N2O6P/c1-6-8-10-12-13-14-15-16-17-18-19-20-21-22-23-24-25-26-27-28-29-30-31-32-33-34-35-36-37-38-40-46(50)45(48-47(51)41-39-11-9-7-2)44-55-56(52,53)54-43-42-49(3,4)5/h38,40,45-46,50H,6-37,39,41-44H2,1-5H3,(H-,48,51,52,53)/p+1/b40-38+. The van der Waals surface area contributed by atoms with Crippen molar-refractivity contribution in [2.75, 3.05) is 40.9 Å². The highest BCUT2D eigenvalue weighted by atomic mass is 31.2. The molecule has 9 heteroatoms. The highest BCUT2D eigenvalue weighted by Gasteiger charge is 2.27. The molecular formula is C47H96N2O6P+. The average molecular weight is 816 g/mol. The Hall–Kier alpha value is -0.760. The fourth-order valence-corrected chi connectivity index (χ4v) is 7.90. The van der Waals surface area contributed by atoms with E-state index in [9.17, 15) is 19.4 Å². The molecule has 334 valence electrons. The first-order valence-electron chi connectivity index (χ1n) is 24.1. The van der Waals surface area contributed by atoms with E-state index in [1.807, 2.05) is 27.2 Å². The van der Waals surface area contributed by atoms with Gasteiger partial charge in [-0.1, -0.05) is 219 Å². The molecule has 3 unspecified atom stereocenters. The molecule has 3 N–H and O–H groups in total. The number of carbonyl (C=O) groups is 1. The molecular weight excluding hydrogens is 719 g/mol. The molecule has 3 atom stereocenters. The number of aliphatic hydroxyl groups excluding tert-OH is 1. The van der Waals surface area contributed by atoms with Gasteiger partial charge in [-0.15, -0.1) is 0 Å². The van der Waals surface area contributed by atoms with Crippen LogP contribution >= 0.6 is 7.82 Å². The summed E-state index contributed by atoms with van der Waals surface area (Å²) >= 11 is 0. The van der Waals surface area contributed by atoms with Gasteiger partial charge in [0.25, 0.3) is 0 Å². The Morgan fingerprint density at radius 3 is 1.32 bits per heavy atom. The maximum atomic E-state index is 12.6. The lowest BCUT2D eigenvalue weighted by Crippen LogP contribution is -2.45. The fourth-order valence-electron chi connectivity index (χ4n) is 7.16. The summed E-state index contributed by atoms with van der Waals surface area (Å²) in [5.74, 6) is -0.193. The second-order valence-electron chi connectivity index (χ2n) is 17.8. The molecule has 0 saturated heterocycles. The molecule has 0 bridgehead atoms. The van der Waals surface area contributed by atoms with Crippen LogP contribution in [-0.4, -0.2) is 73.4 Å². The maximum Gasteiger partial charge on any atom is 0.472 e. The largest absolute Gasteiger partial charge is 0.472 e. The number of phosphoric ester groups is 1. The molecule has 1 amide bonds. The van der Waals surface area contributed by atoms with Crippen molar-refractivity contribution in [3.8, 4) is 0 Å². The summed E-state index contributed by atoms with van der Waals surface area (Å²) in [6.07, 6.45) is 46.6. The van der Waals surface area contributed by atoms with Crippen molar-refractivity contribution in [1.29, 1.82) is 0 Å². The van der Waals surface area contributed by atoms with Gasteiger partial charge in [-0.25, -0.2) is 4.57 Å². The summed E-state index contributed by atoms with van der Waals surface area (Å²) in [5, 5.41) is 13.7. The van der Waals surface area contributed by atoms with E-state index in [-0.39, 0.29) is 19.1 Å². The zero-order valence-electron chi connectivity index (χ0n) is 37.9. The summed E-state index contributed by atoms with van der Waals surface area (Å²) in [6, 6.07) is -0.837. The second kappa shape index (κ2) is 39.7. The summed E-state index contributed by atoms with van der Waals surface area (Å²) in [5.41, 5.74) is 0. The number of hydrogen-bond acceptors (Lipinski definition) is 5. The monoisotopic (exact) mass is 816 g/mol. The number of quaternary nitrogens is 1. The van der Waals surface area contributed by atoms with Crippen molar-refractivity contribution < 1.29 is 32.9 Å². The molecule has 0 rings (SSSR count). The van der Waals surface area contributed by atoms with Gasteiger partial charge in [-0.05, 0) is 19.3 Å². The summed E-state index contributed by atoms with van der Waals surface area (Å²) < 4.78 is 23.4. The van der Waals surface area contributed by atoms with E-state index >= 15 is 0 Å². The number of unbranched alkanes of at least 4 members (excludes halogenated alkanes) is 31. The molecule has 0 saturated carbocycles. The van der Waals surface area contributed by atoms with Crippen LogP contribution in [0.2, 0.25) is 0 Å². The van der Waals surface area contributed by atoms with Crippen molar-refractivity contribution in [2.45, 2.75) is 244 Å². The zero-order chi connectivity index (χ0) is 41.4. The first kappa shape index (κ1) is 55.2. The van der Waals surface area contributed by atoms with Crippen molar-refractivity contribution in [1.82, 2.24) is 5.32 Å². The number of amides is 1. The number of likely N-dealkylation sites (N-methyl/N-ethyl adjacent to an activating group) is 1. The Balaban J connectivity index is 3.86. The lowest BCUT2D eigenvalue weighted by molar-refractivity contribution is -0.870. The molecule has 0 aromatic rings. The first-order valence-corrected chi connectivity index (χ1v) is 25.6. The van der Waals surface area contributed by atoms with E-state index in [0.29, 0.717) is 17.4 Å². The van der Waals surface area contributed by atoms with Gasteiger partial charge >= 0.3 is 7.82 Å². The molecule has 0 spiro atoms. The van der Waals surface area contributed by atoms with Gasteiger partial charge in [0, 0.05) is 6.42 Å². The SMILES string of the molecule is CCCCCCCCCCCCCCCCCCCCCCCCCCCCCC/C=C/C(O)C(COP(=O)(O)OCC[N+](C)(C)C)NC(=O)CCCCCC. The second-order valence-corrected chi connectivity index (χ2v) is 19.3. The van der Waals surface area contributed by atoms with Gasteiger partial charge in [0.05, 0.1) is 39.9 Å². The average Bonchev–Trinajstić information content (AvgIpc) is 3.15. The fraction of sp³-hybridized carbons (Fsp3) is 0.936. The van der Waals surface area contributed by atoms with Gasteiger partial charge in [-0.3, -0.25) is 13.8 Å². The Morgan fingerprint density at radius 1 is 0.589 bits per heavy atom. The van der Waals surface area contributed by atoms with Crippen LogP contribution in [0.15, 0.2) is 12.2 Å². The third-order valence-electron chi connectivity index (χ3n) is 11.0. The number of nitrogens with one attached hydrogen (secondary N) is 1. The van der Waals surface area contributed by atoms with Gasteiger partial charge < -0.3 is 19.8 Å². The van der Waals surface area contributed by atoms with Gasteiger partial charge in [-0.2, -0.15) is 0 Å². The molecule has 0 aliphatic rings. The van der Waals surface area contributed by atoms with E-state index in [1.165, 1.54) is 173 Å². The normalized spacial score (nSPS) is 14.3. The quantitative estimate of drug-likeness (QED) is 0.0245. The van der Waals surface area contributed by atoms with Crippen molar-refractivity contribution in [3.05, 3.63) is 12.2 Å². The molecule has 56 heavy (non-hydrogen) atoms. The third-order valence-corrected chi connectivity index (χ3v) is 12.0. The Morgan fingerprint density at radius 2 is 0.946 bits per heavy atom. The van der Waals surface area contributed by atoms with E-state index in [2.05, 4.69) is 19.2 Å². The Bertz CT molecular complexity index is 927.